The molecule has 0 bridgehead atoms. The highest BCUT2D eigenvalue weighted by Gasteiger charge is 2.56. The Hall–Kier alpha value is -1.13. The molecule has 0 aromatic carbocycles. The van der Waals surface area contributed by atoms with Gasteiger partial charge in [-0.25, -0.2) is 13.2 Å². The lowest BCUT2D eigenvalue weighted by molar-refractivity contribution is -0.284. The van der Waals surface area contributed by atoms with E-state index in [4.69, 9.17) is 4.74 Å². The Morgan fingerprint density at radius 3 is 2.18 bits per heavy atom. The van der Waals surface area contributed by atoms with Gasteiger partial charge in [0, 0.05) is 19.0 Å². The van der Waals surface area contributed by atoms with Gasteiger partial charge in [-0.05, 0) is 52.9 Å². The Balaban J connectivity index is 2.43. The molecular formula is C17H28F5NO4S. The normalized spacial score (nSPS) is 19.1. The van der Waals surface area contributed by atoms with Crippen molar-refractivity contribution >= 4 is 15.9 Å². The van der Waals surface area contributed by atoms with Crippen molar-refractivity contribution in [3.63, 3.8) is 0 Å². The summed E-state index contributed by atoms with van der Waals surface area (Å²) in [4.78, 5) is 13.7. The monoisotopic (exact) mass is 437 g/mol. The van der Waals surface area contributed by atoms with Gasteiger partial charge in [0.1, 0.15) is 15.4 Å². The Morgan fingerprint density at radius 1 is 1.07 bits per heavy atom. The van der Waals surface area contributed by atoms with E-state index in [1.54, 1.807) is 25.7 Å². The summed E-state index contributed by atoms with van der Waals surface area (Å²) in [6.07, 6.45) is -6.39. The van der Waals surface area contributed by atoms with Crippen molar-refractivity contribution in [1.29, 1.82) is 0 Å². The lowest BCUT2D eigenvalue weighted by Crippen LogP contribution is -2.40. The van der Waals surface area contributed by atoms with Crippen LogP contribution in [0.4, 0.5) is 26.7 Å². The van der Waals surface area contributed by atoms with Crippen LogP contribution < -0.4 is 0 Å². The third-order valence-electron chi connectivity index (χ3n) is 4.36. The first-order chi connectivity index (χ1) is 12.5. The molecule has 0 N–H and O–H groups in total. The summed E-state index contributed by atoms with van der Waals surface area (Å²) in [6, 6.07) is -0.167. The molecule has 0 radical (unpaired) electrons. The second kappa shape index (κ2) is 9.13. The largest absolute Gasteiger partial charge is 0.453 e. The second-order valence-electron chi connectivity index (χ2n) is 8.07. The van der Waals surface area contributed by atoms with E-state index in [2.05, 4.69) is 0 Å². The molecular weight excluding hydrogens is 409 g/mol. The number of alkyl halides is 5. The number of carbonyl (C=O) groups is 1. The van der Waals surface area contributed by atoms with Gasteiger partial charge in [0.05, 0.1) is 11.5 Å². The number of rotatable bonds is 8. The molecule has 0 aromatic rings. The van der Waals surface area contributed by atoms with Crippen molar-refractivity contribution in [1.82, 2.24) is 4.90 Å². The third-order valence-corrected chi connectivity index (χ3v) is 6.18. The predicted octanol–water partition coefficient (Wildman–Crippen LogP) is 4.56. The van der Waals surface area contributed by atoms with Crippen LogP contribution >= 0.6 is 0 Å². The Bertz CT molecular complexity index is 628. The van der Waals surface area contributed by atoms with E-state index in [9.17, 15) is 35.2 Å². The summed E-state index contributed by atoms with van der Waals surface area (Å²) in [5.74, 6) is -5.93. The van der Waals surface area contributed by atoms with Crippen LogP contribution in [-0.2, 0) is 14.6 Å². The van der Waals surface area contributed by atoms with Gasteiger partial charge >= 0.3 is 18.2 Å². The van der Waals surface area contributed by atoms with Crippen LogP contribution in [0, 0.1) is 0 Å². The number of hydrogen-bond acceptors (Lipinski definition) is 4. The second-order valence-corrected chi connectivity index (χ2v) is 10.4. The van der Waals surface area contributed by atoms with Gasteiger partial charge in [-0.1, -0.05) is 0 Å². The van der Waals surface area contributed by atoms with E-state index in [1.807, 2.05) is 0 Å². The molecule has 11 heteroatoms. The zero-order valence-electron chi connectivity index (χ0n) is 16.3. The molecule has 1 fully saturated rings. The van der Waals surface area contributed by atoms with Crippen molar-refractivity contribution in [2.75, 3.05) is 18.1 Å². The van der Waals surface area contributed by atoms with E-state index in [0.717, 1.165) is 6.42 Å². The highest BCUT2D eigenvalue weighted by atomic mass is 32.2. The average Bonchev–Trinajstić information content (AvgIpc) is 2.92. The lowest BCUT2D eigenvalue weighted by atomic mass is 10.1. The molecule has 28 heavy (non-hydrogen) atoms. The van der Waals surface area contributed by atoms with E-state index >= 15 is 0 Å². The molecule has 1 saturated heterocycles. The molecule has 1 atom stereocenters. The quantitative estimate of drug-likeness (QED) is 0.523. The van der Waals surface area contributed by atoms with Crippen molar-refractivity contribution in [3.05, 3.63) is 0 Å². The van der Waals surface area contributed by atoms with Crippen LogP contribution in [0.2, 0.25) is 0 Å². The summed E-state index contributed by atoms with van der Waals surface area (Å²) in [5, 5.41) is 0. The average molecular weight is 437 g/mol. The van der Waals surface area contributed by atoms with E-state index in [-0.39, 0.29) is 18.2 Å². The highest BCUT2D eigenvalue weighted by molar-refractivity contribution is 7.91. The van der Waals surface area contributed by atoms with Crippen LogP contribution in [0.5, 0.6) is 0 Å². The Kier molecular flexibility index (Phi) is 8.12. The van der Waals surface area contributed by atoms with Crippen LogP contribution in [0.15, 0.2) is 0 Å². The summed E-state index contributed by atoms with van der Waals surface area (Å²) in [7, 11) is -3.74. The molecule has 1 rings (SSSR count). The fraction of sp³-hybridized carbons (Fsp3) is 0.941. The molecule has 0 aromatic heterocycles. The van der Waals surface area contributed by atoms with Gasteiger partial charge in [-0.15, -0.1) is 0 Å². The summed E-state index contributed by atoms with van der Waals surface area (Å²) < 4.78 is 91.1. The third kappa shape index (κ3) is 8.08. The summed E-state index contributed by atoms with van der Waals surface area (Å²) in [5.41, 5.74) is -0.647. The van der Waals surface area contributed by atoms with Gasteiger partial charge in [-0.2, -0.15) is 22.0 Å². The summed E-state index contributed by atoms with van der Waals surface area (Å²) >= 11 is 0. The molecule has 5 nitrogen and oxygen atoms in total. The zero-order chi connectivity index (χ0) is 21.8. The fourth-order valence-electron chi connectivity index (χ4n) is 2.99. The van der Waals surface area contributed by atoms with Crippen LogP contribution in [0.1, 0.15) is 59.3 Å². The number of halogens is 5. The Morgan fingerprint density at radius 2 is 1.64 bits per heavy atom. The van der Waals surface area contributed by atoms with Crippen molar-refractivity contribution < 1.29 is 39.9 Å². The number of amides is 1. The molecule has 0 aliphatic carbocycles. The molecule has 166 valence electrons. The maximum atomic E-state index is 12.8. The molecule has 0 unspecified atom stereocenters. The number of sulfone groups is 1. The molecule has 0 spiro atoms. The zero-order valence-corrected chi connectivity index (χ0v) is 17.1. The maximum absolute atomic E-state index is 12.8. The molecule has 1 amide bonds. The number of nitrogens with zero attached hydrogens (tertiary/aromatic N) is 1. The number of ether oxygens (including phenoxy) is 1. The SMILES string of the molecule is CC(C)(C)OC(=O)N1CCC[C@@H]1CCCS(=O)(=O)CCCC(F)(F)C(F)(F)F. The van der Waals surface area contributed by atoms with Crippen molar-refractivity contribution in [2.24, 2.45) is 0 Å². The first-order valence-corrected chi connectivity index (χ1v) is 11.0. The van der Waals surface area contributed by atoms with E-state index in [1.165, 1.54) is 0 Å². The standard InChI is InChI=1S/C17H28F5NO4S/c1-15(2,3)27-14(24)23-10-4-7-13(23)8-5-11-28(25,26)12-6-9-16(18,19)17(20,21)22/h13H,4-12H2,1-3H3/t13-/m1/s1. The highest BCUT2D eigenvalue weighted by Crippen LogP contribution is 2.38. The number of carbonyl (C=O) groups excluding carboxylic acids is 1. The minimum absolute atomic E-state index is 0.167. The fourth-order valence-corrected chi connectivity index (χ4v) is 4.39. The minimum Gasteiger partial charge on any atom is -0.444 e. The topological polar surface area (TPSA) is 63.7 Å². The first-order valence-electron chi connectivity index (χ1n) is 9.19. The molecule has 1 aliphatic heterocycles. The summed E-state index contributed by atoms with van der Waals surface area (Å²) in [6.45, 7) is 5.74. The first kappa shape index (κ1) is 24.9. The smallest absolute Gasteiger partial charge is 0.444 e. The van der Waals surface area contributed by atoms with Crippen molar-refractivity contribution in [2.45, 2.75) is 83.0 Å². The molecule has 0 saturated carbocycles. The van der Waals surface area contributed by atoms with Crippen LogP contribution in [-0.4, -0.2) is 61.2 Å². The number of likely N-dealkylation sites (tertiary alicyclic amines) is 1. The van der Waals surface area contributed by atoms with Gasteiger partial charge in [0.15, 0.2) is 0 Å². The Labute approximate surface area is 162 Å². The molecule has 1 heterocycles. The van der Waals surface area contributed by atoms with Gasteiger partial charge in [0.25, 0.3) is 0 Å². The van der Waals surface area contributed by atoms with E-state index < -0.39 is 52.2 Å². The predicted molar refractivity (Wildman–Crippen MR) is 94.1 cm³/mol. The van der Waals surface area contributed by atoms with Crippen LogP contribution in [0.25, 0.3) is 0 Å². The molecule has 1 aliphatic rings. The minimum atomic E-state index is -5.68. The number of hydrogen-bond donors (Lipinski definition) is 0. The van der Waals surface area contributed by atoms with Crippen molar-refractivity contribution in [3.8, 4) is 0 Å². The van der Waals surface area contributed by atoms with Gasteiger partial charge in [0.2, 0.25) is 0 Å². The van der Waals surface area contributed by atoms with Gasteiger partial charge < -0.3 is 9.64 Å². The van der Waals surface area contributed by atoms with E-state index in [0.29, 0.717) is 19.4 Å². The lowest BCUT2D eigenvalue weighted by Gasteiger charge is -2.28. The van der Waals surface area contributed by atoms with Crippen LogP contribution in [0.3, 0.4) is 0 Å². The van der Waals surface area contributed by atoms with Gasteiger partial charge in [-0.3, -0.25) is 0 Å². The maximum Gasteiger partial charge on any atom is 0.453 e.